The maximum absolute atomic E-state index is 12.4. The first kappa shape index (κ1) is 16.2. The minimum atomic E-state index is -4.57. The third-order valence-corrected chi connectivity index (χ3v) is 2.46. The maximum Gasteiger partial charge on any atom is 0.404 e. The molecule has 0 unspecified atom stereocenters. The second kappa shape index (κ2) is 7.53. The number of alkyl halides is 3. The summed E-state index contributed by atoms with van der Waals surface area (Å²) in [6, 6.07) is -2.14. The fourth-order valence-electron chi connectivity index (χ4n) is 1.41. The van der Waals surface area contributed by atoms with Gasteiger partial charge in [0.25, 0.3) is 0 Å². The molecule has 0 aliphatic carbocycles. The lowest BCUT2D eigenvalue weighted by Gasteiger charge is -2.24. The summed E-state index contributed by atoms with van der Waals surface area (Å²) in [4.78, 5) is 11.5. The van der Waals surface area contributed by atoms with E-state index >= 15 is 0 Å². The molecule has 0 amide bonds. The van der Waals surface area contributed by atoms with Crippen LogP contribution in [0.4, 0.5) is 13.2 Å². The van der Waals surface area contributed by atoms with E-state index in [1.807, 2.05) is 6.92 Å². The van der Waals surface area contributed by atoms with Gasteiger partial charge >= 0.3 is 12.1 Å². The first-order valence-electron chi connectivity index (χ1n) is 5.83. The van der Waals surface area contributed by atoms with Gasteiger partial charge in [0.1, 0.15) is 6.04 Å². The Morgan fingerprint density at radius 1 is 1.29 bits per heavy atom. The lowest BCUT2D eigenvalue weighted by Crippen LogP contribution is -2.47. The number of halogens is 3. The number of esters is 1. The van der Waals surface area contributed by atoms with Crippen LogP contribution >= 0.6 is 0 Å². The SMILES string of the molecule is CCCCOC(=O)[C@H](CCC)[C@@H](N)C(F)(F)F. The van der Waals surface area contributed by atoms with Crippen molar-refractivity contribution in [2.45, 2.75) is 51.7 Å². The number of carbonyl (C=O) groups is 1. The summed E-state index contributed by atoms with van der Waals surface area (Å²) in [7, 11) is 0. The number of carbonyl (C=O) groups excluding carboxylic acids is 1. The largest absolute Gasteiger partial charge is 0.465 e. The van der Waals surface area contributed by atoms with Crippen molar-refractivity contribution in [3.8, 4) is 0 Å². The van der Waals surface area contributed by atoms with Crippen molar-refractivity contribution in [1.82, 2.24) is 0 Å². The molecule has 0 aliphatic heterocycles. The molecular formula is C11H20F3NO2. The third kappa shape index (κ3) is 5.91. The van der Waals surface area contributed by atoms with E-state index in [9.17, 15) is 18.0 Å². The van der Waals surface area contributed by atoms with Crippen LogP contribution < -0.4 is 5.73 Å². The summed E-state index contributed by atoms with van der Waals surface area (Å²) >= 11 is 0. The topological polar surface area (TPSA) is 52.3 Å². The molecule has 0 fully saturated rings. The normalized spacial score (nSPS) is 15.4. The minimum absolute atomic E-state index is 0.0889. The second-order valence-corrected chi connectivity index (χ2v) is 3.98. The molecule has 2 N–H and O–H groups in total. The first-order valence-corrected chi connectivity index (χ1v) is 5.83. The number of rotatable bonds is 7. The molecule has 17 heavy (non-hydrogen) atoms. The standard InChI is InChI=1S/C11H20F3NO2/c1-3-5-7-17-10(16)8(6-4-2)9(15)11(12,13)14/h8-9H,3-7,15H2,1-2H3/t8-,9-/m1/s1. The van der Waals surface area contributed by atoms with Crippen molar-refractivity contribution < 1.29 is 22.7 Å². The van der Waals surface area contributed by atoms with Gasteiger partial charge in [-0.2, -0.15) is 13.2 Å². The molecule has 0 spiro atoms. The molecule has 0 aromatic heterocycles. The van der Waals surface area contributed by atoms with Crippen molar-refractivity contribution in [2.24, 2.45) is 11.7 Å². The summed E-state index contributed by atoms with van der Waals surface area (Å²) in [5, 5.41) is 0. The van der Waals surface area contributed by atoms with E-state index in [4.69, 9.17) is 10.5 Å². The van der Waals surface area contributed by atoms with Crippen molar-refractivity contribution in [3.63, 3.8) is 0 Å². The third-order valence-electron chi connectivity index (χ3n) is 2.46. The zero-order valence-corrected chi connectivity index (χ0v) is 10.2. The number of hydrogen-bond acceptors (Lipinski definition) is 3. The van der Waals surface area contributed by atoms with Crippen LogP contribution in [0.25, 0.3) is 0 Å². The van der Waals surface area contributed by atoms with Gasteiger partial charge in [0.15, 0.2) is 0 Å². The monoisotopic (exact) mass is 255 g/mol. The van der Waals surface area contributed by atoms with Gasteiger partial charge in [-0.05, 0) is 12.8 Å². The fraction of sp³-hybridized carbons (Fsp3) is 0.909. The molecule has 0 rings (SSSR count). The number of ether oxygens (including phenoxy) is 1. The fourth-order valence-corrected chi connectivity index (χ4v) is 1.41. The quantitative estimate of drug-likeness (QED) is 0.562. The summed E-state index contributed by atoms with van der Waals surface area (Å²) in [6.45, 7) is 3.76. The molecule has 0 saturated carbocycles. The highest BCUT2D eigenvalue weighted by Crippen LogP contribution is 2.27. The number of hydrogen-bond donors (Lipinski definition) is 1. The van der Waals surface area contributed by atoms with E-state index in [2.05, 4.69) is 0 Å². The van der Waals surface area contributed by atoms with Crippen LogP contribution in [0, 0.1) is 5.92 Å². The lowest BCUT2D eigenvalue weighted by molar-refractivity contribution is -0.176. The van der Waals surface area contributed by atoms with E-state index < -0.39 is 24.1 Å². The van der Waals surface area contributed by atoms with Crippen LogP contribution in [0.2, 0.25) is 0 Å². The van der Waals surface area contributed by atoms with Crippen LogP contribution in [0.5, 0.6) is 0 Å². The van der Waals surface area contributed by atoms with E-state index in [-0.39, 0.29) is 13.0 Å². The molecule has 6 heteroatoms. The molecule has 0 aromatic carbocycles. The van der Waals surface area contributed by atoms with E-state index in [0.717, 1.165) is 6.42 Å². The highest BCUT2D eigenvalue weighted by atomic mass is 19.4. The van der Waals surface area contributed by atoms with Crippen molar-refractivity contribution in [1.29, 1.82) is 0 Å². The number of nitrogens with two attached hydrogens (primary N) is 1. The average Bonchev–Trinajstić information content (AvgIpc) is 2.23. The van der Waals surface area contributed by atoms with Crippen molar-refractivity contribution >= 4 is 5.97 Å². The summed E-state index contributed by atoms with van der Waals surface area (Å²) in [5.41, 5.74) is 5.06. The van der Waals surface area contributed by atoms with Crippen LogP contribution in [-0.2, 0) is 9.53 Å². The summed E-state index contributed by atoms with van der Waals surface area (Å²) < 4.78 is 42.1. The molecule has 2 atom stereocenters. The molecule has 0 bridgehead atoms. The van der Waals surface area contributed by atoms with Gasteiger partial charge in [-0.1, -0.05) is 26.7 Å². The molecule has 0 radical (unpaired) electrons. The number of unbranched alkanes of at least 4 members (excludes halogenated alkanes) is 1. The minimum Gasteiger partial charge on any atom is -0.465 e. The Kier molecular flexibility index (Phi) is 7.18. The van der Waals surface area contributed by atoms with Gasteiger partial charge < -0.3 is 10.5 Å². The molecule has 0 heterocycles. The highest BCUT2D eigenvalue weighted by Gasteiger charge is 2.45. The zero-order valence-electron chi connectivity index (χ0n) is 10.2. The Labute approximate surface area is 99.5 Å². The molecule has 102 valence electrons. The molecular weight excluding hydrogens is 235 g/mol. The zero-order chi connectivity index (χ0) is 13.5. The first-order chi connectivity index (χ1) is 7.84. The average molecular weight is 255 g/mol. The van der Waals surface area contributed by atoms with Crippen LogP contribution in [0.1, 0.15) is 39.5 Å². The van der Waals surface area contributed by atoms with E-state index in [1.165, 1.54) is 0 Å². The van der Waals surface area contributed by atoms with Crippen LogP contribution in [-0.4, -0.2) is 24.8 Å². The predicted molar refractivity (Wildman–Crippen MR) is 58.3 cm³/mol. The van der Waals surface area contributed by atoms with E-state index in [1.54, 1.807) is 6.92 Å². The Morgan fingerprint density at radius 2 is 1.88 bits per heavy atom. The van der Waals surface area contributed by atoms with Gasteiger partial charge in [0.05, 0.1) is 12.5 Å². The van der Waals surface area contributed by atoms with Gasteiger partial charge in [0, 0.05) is 0 Å². The van der Waals surface area contributed by atoms with Crippen LogP contribution in [0.15, 0.2) is 0 Å². The lowest BCUT2D eigenvalue weighted by atomic mass is 9.95. The molecule has 0 aliphatic rings. The van der Waals surface area contributed by atoms with Gasteiger partial charge in [-0.15, -0.1) is 0 Å². The Bertz CT molecular complexity index is 231. The molecule has 3 nitrogen and oxygen atoms in total. The second-order valence-electron chi connectivity index (χ2n) is 3.98. The summed E-state index contributed by atoms with van der Waals surface area (Å²) in [5.74, 6) is -2.14. The van der Waals surface area contributed by atoms with Gasteiger partial charge in [-0.25, -0.2) is 0 Å². The molecule has 0 aromatic rings. The van der Waals surface area contributed by atoms with Crippen LogP contribution in [0.3, 0.4) is 0 Å². The Hall–Kier alpha value is -0.780. The smallest absolute Gasteiger partial charge is 0.404 e. The van der Waals surface area contributed by atoms with Crippen molar-refractivity contribution in [2.75, 3.05) is 6.61 Å². The Balaban J connectivity index is 4.45. The summed E-state index contributed by atoms with van der Waals surface area (Å²) in [6.07, 6.45) is -2.56. The van der Waals surface area contributed by atoms with Gasteiger partial charge in [0.2, 0.25) is 0 Å². The van der Waals surface area contributed by atoms with Gasteiger partial charge in [-0.3, -0.25) is 4.79 Å². The Morgan fingerprint density at radius 3 is 2.29 bits per heavy atom. The molecule has 0 saturated heterocycles. The predicted octanol–water partition coefficient (Wildman–Crippen LogP) is 2.64. The van der Waals surface area contributed by atoms with E-state index in [0.29, 0.717) is 12.8 Å². The van der Waals surface area contributed by atoms with Crippen molar-refractivity contribution in [3.05, 3.63) is 0 Å². The highest BCUT2D eigenvalue weighted by molar-refractivity contribution is 5.73. The maximum atomic E-state index is 12.4.